The number of allylic oxidation sites excluding steroid dienone is 1. The summed E-state index contributed by atoms with van der Waals surface area (Å²) in [6.45, 7) is 8.60. The lowest BCUT2D eigenvalue weighted by Gasteiger charge is -2.13. The van der Waals surface area contributed by atoms with Crippen LogP contribution in [0.25, 0.3) is 0 Å². The molecule has 0 unspecified atom stereocenters. The van der Waals surface area contributed by atoms with E-state index in [0.29, 0.717) is 30.2 Å². The Bertz CT molecular complexity index is 786. The van der Waals surface area contributed by atoms with Gasteiger partial charge in [-0.05, 0) is 44.4 Å². The molecule has 6 nitrogen and oxygen atoms in total. The number of hydrogen-bond acceptors (Lipinski definition) is 5. The van der Waals surface area contributed by atoms with Crippen molar-refractivity contribution in [3.05, 3.63) is 48.3 Å². The van der Waals surface area contributed by atoms with Crippen LogP contribution in [0.3, 0.4) is 0 Å². The molecule has 1 aromatic carbocycles. The normalized spacial score (nSPS) is 14.7. The van der Waals surface area contributed by atoms with E-state index in [-0.39, 0.29) is 11.2 Å². The van der Waals surface area contributed by atoms with Crippen molar-refractivity contribution >= 4 is 17.7 Å². The van der Waals surface area contributed by atoms with E-state index in [1.54, 1.807) is 6.08 Å². The van der Waals surface area contributed by atoms with Gasteiger partial charge in [-0.3, -0.25) is 9.36 Å². The van der Waals surface area contributed by atoms with Crippen LogP contribution < -0.4 is 10.1 Å². The summed E-state index contributed by atoms with van der Waals surface area (Å²) >= 11 is 1.41. The number of benzene rings is 1. The standard InChI is InChI=1S/C19H24N4O2S/c1-4-10-23-17(12-25-16-7-5-6-13(2)11-16)21-22-19(23)26-14(3)18(24)20-15-8-9-15/h4-7,11,14-15H,1,8-10,12H2,2-3H3,(H,20,24)/t14-/m1/s1. The van der Waals surface area contributed by atoms with Crippen molar-refractivity contribution in [3.8, 4) is 5.75 Å². The van der Waals surface area contributed by atoms with Gasteiger partial charge in [-0.25, -0.2) is 0 Å². The van der Waals surface area contributed by atoms with Gasteiger partial charge < -0.3 is 10.1 Å². The Morgan fingerprint density at radius 3 is 3.00 bits per heavy atom. The summed E-state index contributed by atoms with van der Waals surface area (Å²) in [5, 5.41) is 12.0. The van der Waals surface area contributed by atoms with Crippen LogP contribution >= 0.6 is 11.8 Å². The predicted octanol–water partition coefficient (Wildman–Crippen LogP) is 3.11. The SMILES string of the molecule is C=CCn1c(COc2cccc(C)c2)nnc1S[C@H](C)C(=O)NC1CC1. The number of amides is 1. The molecule has 0 aliphatic heterocycles. The van der Waals surface area contributed by atoms with Crippen LogP contribution in [-0.4, -0.2) is 32.0 Å². The van der Waals surface area contributed by atoms with E-state index in [1.807, 2.05) is 42.7 Å². The van der Waals surface area contributed by atoms with Crippen LogP contribution in [0, 0.1) is 6.92 Å². The van der Waals surface area contributed by atoms with Crippen molar-refractivity contribution in [3.63, 3.8) is 0 Å². The Hall–Kier alpha value is -2.28. The van der Waals surface area contributed by atoms with Gasteiger partial charge in [0.2, 0.25) is 5.91 Å². The number of rotatable bonds is 9. The highest BCUT2D eigenvalue weighted by Gasteiger charge is 2.27. The average molecular weight is 372 g/mol. The van der Waals surface area contributed by atoms with E-state index >= 15 is 0 Å². The summed E-state index contributed by atoms with van der Waals surface area (Å²) in [6, 6.07) is 8.24. The van der Waals surface area contributed by atoms with Gasteiger partial charge in [-0.2, -0.15) is 0 Å². The Labute approximate surface area is 158 Å². The van der Waals surface area contributed by atoms with Crippen LogP contribution in [0.1, 0.15) is 31.2 Å². The lowest BCUT2D eigenvalue weighted by atomic mass is 10.2. The summed E-state index contributed by atoms with van der Waals surface area (Å²) in [6.07, 6.45) is 3.95. The zero-order chi connectivity index (χ0) is 18.5. The van der Waals surface area contributed by atoms with Gasteiger partial charge in [-0.1, -0.05) is 30.0 Å². The van der Waals surface area contributed by atoms with Crippen molar-refractivity contribution in [2.45, 2.75) is 56.3 Å². The molecule has 1 saturated carbocycles. The first-order valence-corrected chi connectivity index (χ1v) is 9.64. The number of aromatic nitrogens is 3. The van der Waals surface area contributed by atoms with Crippen LogP contribution in [-0.2, 0) is 17.9 Å². The molecule has 0 bridgehead atoms. The fraction of sp³-hybridized carbons (Fsp3) is 0.421. The Kier molecular flexibility index (Phi) is 5.98. The number of aryl methyl sites for hydroxylation is 1. The first-order valence-electron chi connectivity index (χ1n) is 8.76. The molecule has 1 aliphatic rings. The summed E-state index contributed by atoms with van der Waals surface area (Å²) in [5.41, 5.74) is 1.14. The summed E-state index contributed by atoms with van der Waals surface area (Å²) in [7, 11) is 0. The van der Waals surface area contributed by atoms with Gasteiger partial charge in [-0.15, -0.1) is 16.8 Å². The van der Waals surface area contributed by atoms with Gasteiger partial charge in [0.1, 0.15) is 12.4 Å². The van der Waals surface area contributed by atoms with Crippen molar-refractivity contribution in [1.29, 1.82) is 0 Å². The third-order valence-electron chi connectivity index (χ3n) is 4.04. The van der Waals surface area contributed by atoms with Crippen LogP contribution in [0.2, 0.25) is 0 Å². The quantitative estimate of drug-likeness (QED) is 0.541. The molecule has 1 amide bonds. The van der Waals surface area contributed by atoms with Crippen molar-refractivity contribution in [2.75, 3.05) is 0 Å². The Balaban J connectivity index is 1.66. The van der Waals surface area contributed by atoms with Gasteiger partial charge in [0.05, 0.1) is 5.25 Å². The second-order valence-corrected chi connectivity index (χ2v) is 7.75. The number of carbonyl (C=O) groups is 1. The number of hydrogen-bond donors (Lipinski definition) is 1. The predicted molar refractivity (Wildman–Crippen MR) is 102 cm³/mol. The fourth-order valence-electron chi connectivity index (χ4n) is 2.44. The van der Waals surface area contributed by atoms with Crippen molar-refractivity contribution < 1.29 is 9.53 Å². The first-order chi connectivity index (χ1) is 12.6. The largest absolute Gasteiger partial charge is 0.486 e. The molecule has 7 heteroatoms. The highest BCUT2D eigenvalue weighted by molar-refractivity contribution is 8.00. The van der Waals surface area contributed by atoms with Gasteiger partial charge in [0.25, 0.3) is 0 Å². The van der Waals surface area contributed by atoms with Crippen molar-refractivity contribution in [2.24, 2.45) is 0 Å². The van der Waals surface area contributed by atoms with Gasteiger partial charge in [0, 0.05) is 12.6 Å². The molecule has 26 heavy (non-hydrogen) atoms. The van der Waals surface area contributed by atoms with Crippen molar-refractivity contribution in [1.82, 2.24) is 20.1 Å². The lowest BCUT2D eigenvalue weighted by molar-refractivity contribution is -0.120. The smallest absolute Gasteiger partial charge is 0.233 e. The second-order valence-electron chi connectivity index (χ2n) is 6.45. The van der Waals surface area contributed by atoms with E-state index in [9.17, 15) is 4.79 Å². The monoisotopic (exact) mass is 372 g/mol. The molecule has 1 N–H and O–H groups in total. The minimum atomic E-state index is -0.228. The third kappa shape index (κ3) is 4.88. The molecule has 2 aromatic rings. The van der Waals surface area contributed by atoms with E-state index < -0.39 is 0 Å². The summed E-state index contributed by atoms with van der Waals surface area (Å²) < 4.78 is 7.78. The molecule has 0 spiro atoms. The molecular weight excluding hydrogens is 348 g/mol. The van der Waals surface area contributed by atoms with E-state index in [4.69, 9.17) is 4.74 Å². The van der Waals surface area contributed by atoms with E-state index in [1.165, 1.54) is 11.8 Å². The zero-order valence-corrected chi connectivity index (χ0v) is 16.0. The highest BCUT2D eigenvalue weighted by Crippen LogP contribution is 2.25. The fourth-order valence-corrected chi connectivity index (χ4v) is 3.32. The Morgan fingerprint density at radius 1 is 1.50 bits per heavy atom. The van der Waals surface area contributed by atoms with Crippen LogP contribution in [0.15, 0.2) is 42.1 Å². The second kappa shape index (κ2) is 8.40. The number of carbonyl (C=O) groups excluding carboxylic acids is 1. The van der Waals surface area contributed by atoms with Crippen LogP contribution in [0.5, 0.6) is 5.75 Å². The van der Waals surface area contributed by atoms with E-state index in [0.717, 1.165) is 24.2 Å². The number of nitrogens with one attached hydrogen (secondary N) is 1. The molecule has 3 rings (SSSR count). The highest BCUT2D eigenvalue weighted by atomic mass is 32.2. The lowest BCUT2D eigenvalue weighted by Crippen LogP contribution is -2.32. The minimum Gasteiger partial charge on any atom is -0.486 e. The maximum atomic E-state index is 12.2. The Morgan fingerprint density at radius 2 is 2.31 bits per heavy atom. The van der Waals surface area contributed by atoms with Crippen LogP contribution in [0.4, 0.5) is 0 Å². The molecule has 1 aromatic heterocycles. The molecule has 0 saturated heterocycles. The van der Waals surface area contributed by atoms with Gasteiger partial charge in [0.15, 0.2) is 11.0 Å². The molecule has 1 atom stereocenters. The zero-order valence-electron chi connectivity index (χ0n) is 15.1. The molecule has 1 aliphatic carbocycles. The molecule has 1 heterocycles. The maximum absolute atomic E-state index is 12.2. The molecule has 0 radical (unpaired) electrons. The molecule has 138 valence electrons. The number of ether oxygens (including phenoxy) is 1. The maximum Gasteiger partial charge on any atom is 0.233 e. The topological polar surface area (TPSA) is 69.0 Å². The molecule has 1 fully saturated rings. The number of nitrogens with zero attached hydrogens (tertiary/aromatic N) is 3. The molecular formula is C19H24N4O2S. The summed E-state index contributed by atoms with van der Waals surface area (Å²) in [4.78, 5) is 12.2. The minimum absolute atomic E-state index is 0.0446. The first kappa shape index (κ1) is 18.5. The summed E-state index contributed by atoms with van der Waals surface area (Å²) in [5.74, 6) is 1.55. The van der Waals surface area contributed by atoms with Gasteiger partial charge >= 0.3 is 0 Å². The van der Waals surface area contributed by atoms with E-state index in [2.05, 4.69) is 22.1 Å². The number of thioether (sulfide) groups is 1. The third-order valence-corrected chi connectivity index (χ3v) is 5.12. The average Bonchev–Trinajstić information content (AvgIpc) is 3.35.